The van der Waals surface area contributed by atoms with Crippen molar-refractivity contribution in [2.75, 3.05) is 18.4 Å². The van der Waals surface area contributed by atoms with Crippen molar-refractivity contribution in [1.82, 2.24) is 9.62 Å². The van der Waals surface area contributed by atoms with Gasteiger partial charge in [-0.1, -0.05) is 12.1 Å². The maximum absolute atomic E-state index is 12.8. The molecular formula is C20H27N3O5S. The summed E-state index contributed by atoms with van der Waals surface area (Å²) in [5.41, 5.74) is 0.0556. The molecule has 3 atom stereocenters. The fourth-order valence-electron chi connectivity index (χ4n) is 4.54. The molecule has 4 rings (SSSR count). The van der Waals surface area contributed by atoms with Gasteiger partial charge < -0.3 is 15.0 Å². The number of para-hydroxylation sites is 1. The Kier molecular flexibility index (Phi) is 5.06. The average molecular weight is 422 g/mol. The number of fused-ring (bicyclic) bond motifs is 1. The van der Waals surface area contributed by atoms with E-state index in [0.29, 0.717) is 25.2 Å². The van der Waals surface area contributed by atoms with Crippen LogP contribution in [0.4, 0.5) is 5.69 Å². The standard InChI is InChI=1S/C20H27N3O5S/c1-20(2)11-14(19(25)28-20)10-17(24)23-9-5-6-13(12-23)18-21-15-7-3-4-8-16(15)29(26,27)22-18/h3-4,7-8,13-14,18,21-22H,5-6,9-12H2,1-2H3/t13-,14-,18-/m0/s1. The van der Waals surface area contributed by atoms with Crippen molar-refractivity contribution in [2.45, 2.75) is 56.2 Å². The van der Waals surface area contributed by atoms with Gasteiger partial charge in [0.2, 0.25) is 15.9 Å². The number of nitrogens with one attached hydrogen (secondary N) is 2. The fourth-order valence-corrected chi connectivity index (χ4v) is 5.93. The van der Waals surface area contributed by atoms with Crippen molar-refractivity contribution in [3.63, 3.8) is 0 Å². The van der Waals surface area contributed by atoms with Gasteiger partial charge in [0.15, 0.2) is 0 Å². The molecule has 158 valence electrons. The molecule has 0 radical (unpaired) electrons. The normalized spacial score (nSPS) is 30.2. The number of rotatable bonds is 3. The van der Waals surface area contributed by atoms with Crippen LogP contribution in [0.3, 0.4) is 0 Å². The van der Waals surface area contributed by atoms with E-state index in [9.17, 15) is 18.0 Å². The van der Waals surface area contributed by atoms with Crippen LogP contribution in [0.5, 0.6) is 0 Å². The molecule has 1 aromatic rings. The van der Waals surface area contributed by atoms with E-state index in [0.717, 1.165) is 12.8 Å². The Balaban J connectivity index is 1.43. The van der Waals surface area contributed by atoms with Crippen LogP contribution in [0.1, 0.15) is 39.5 Å². The van der Waals surface area contributed by atoms with Crippen LogP contribution >= 0.6 is 0 Å². The first-order valence-corrected chi connectivity index (χ1v) is 11.5. The first-order chi connectivity index (χ1) is 13.6. The number of cyclic esters (lactones) is 1. The lowest BCUT2D eigenvalue weighted by Gasteiger charge is -2.39. The van der Waals surface area contributed by atoms with E-state index in [1.807, 2.05) is 13.8 Å². The summed E-state index contributed by atoms with van der Waals surface area (Å²) in [6.45, 7) is 4.78. The summed E-state index contributed by atoms with van der Waals surface area (Å²) in [6, 6.07) is 6.80. The highest BCUT2D eigenvalue weighted by molar-refractivity contribution is 7.89. The summed E-state index contributed by atoms with van der Waals surface area (Å²) < 4.78 is 33.2. The molecule has 2 fully saturated rings. The Labute approximate surface area is 171 Å². The predicted octanol–water partition coefficient (Wildman–Crippen LogP) is 1.69. The molecule has 0 aliphatic carbocycles. The highest BCUT2D eigenvalue weighted by atomic mass is 32.2. The summed E-state index contributed by atoms with van der Waals surface area (Å²) in [6.07, 6.45) is 1.81. The van der Waals surface area contributed by atoms with Crippen molar-refractivity contribution in [1.29, 1.82) is 0 Å². The molecular weight excluding hydrogens is 394 g/mol. The topological polar surface area (TPSA) is 105 Å². The van der Waals surface area contributed by atoms with Gasteiger partial charge in [-0.2, -0.15) is 4.72 Å². The largest absolute Gasteiger partial charge is 0.459 e. The molecule has 0 unspecified atom stereocenters. The molecule has 2 N–H and O–H groups in total. The summed E-state index contributed by atoms with van der Waals surface area (Å²) >= 11 is 0. The van der Waals surface area contributed by atoms with Gasteiger partial charge in [0.25, 0.3) is 0 Å². The van der Waals surface area contributed by atoms with Crippen LogP contribution in [0.2, 0.25) is 0 Å². The van der Waals surface area contributed by atoms with Crippen LogP contribution in [-0.4, -0.2) is 50.1 Å². The van der Waals surface area contributed by atoms with Gasteiger partial charge in [-0.25, -0.2) is 8.42 Å². The summed E-state index contributed by atoms with van der Waals surface area (Å²) in [4.78, 5) is 26.8. The molecule has 0 spiro atoms. The molecule has 1 amide bonds. The Morgan fingerprint density at radius 2 is 2.07 bits per heavy atom. The number of sulfonamides is 1. The number of hydrogen-bond donors (Lipinski definition) is 2. The molecule has 0 aromatic heterocycles. The van der Waals surface area contributed by atoms with Crippen molar-refractivity contribution >= 4 is 27.6 Å². The second-order valence-corrected chi connectivity index (χ2v) is 10.4. The van der Waals surface area contributed by atoms with E-state index < -0.39 is 27.7 Å². The number of piperidine rings is 1. The molecule has 3 heterocycles. The van der Waals surface area contributed by atoms with Gasteiger partial charge >= 0.3 is 5.97 Å². The van der Waals surface area contributed by atoms with Crippen molar-refractivity contribution in [3.8, 4) is 0 Å². The third-order valence-electron chi connectivity index (χ3n) is 5.92. The Morgan fingerprint density at radius 3 is 2.79 bits per heavy atom. The van der Waals surface area contributed by atoms with Crippen LogP contribution < -0.4 is 10.0 Å². The first kappa shape index (κ1) is 20.2. The number of likely N-dealkylation sites (tertiary alicyclic amines) is 1. The van der Waals surface area contributed by atoms with E-state index in [1.165, 1.54) is 0 Å². The number of ether oxygens (including phenoxy) is 1. The van der Waals surface area contributed by atoms with Gasteiger partial charge in [-0.3, -0.25) is 9.59 Å². The lowest BCUT2D eigenvalue weighted by molar-refractivity contribution is -0.150. The van der Waals surface area contributed by atoms with Crippen molar-refractivity contribution < 1.29 is 22.7 Å². The van der Waals surface area contributed by atoms with Crippen LogP contribution in [-0.2, 0) is 24.3 Å². The highest BCUT2D eigenvalue weighted by Gasteiger charge is 2.42. The molecule has 8 nitrogen and oxygen atoms in total. The maximum Gasteiger partial charge on any atom is 0.310 e. The maximum atomic E-state index is 12.8. The molecule has 1 aromatic carbocycles. The minimum Gasteiger partial charge on any atom is -0.459 e. The number of anilines is 1. The lowest BCUT2D eigenvalue weighted by Crippen LogP contribution is -2.54. The SMILES string of the molecule is CC1(C)C[C@H](CC(=O)N2CCC[C@H]([C@H]3Nc4ccccc4S(=O)(=O)N3)C2)C(=O)O1. The molecule has 29 heavy (non-hydrogen) atoms. The number of benzene rings is 1. The molecule has 0 saturated carbocycles. The summed E-state index contributed by atoms with van der Waals surface area (Å²) in [7, 11) is -3.59. The van der Waals surface area contributed by atoms with E-state index in [2.05, 4.69) is 10.0 Å². The van der Waals surface area contributed by atoms with Gasteiger partial charge in [-0.15, -0.1) is 0 Å². The number of carbonyl (C=O) groups excluding carboxylic acids is 2. The zero-order chi connectivity index (χ0) is 20.8. The van der Waals surface area contributed by atoms with Crippen LogP contribution in [0, 0.1) is 11.8 Å². The van der Waals surface area contributed by atoms with Crippen LogP contribution in [0.15, 0.2) is 29.2 Å². The molecule has 9 heteroatoms. The van der Waals surface area contributed by atoms with Crippen molar-refractivity contribution in [3.05, 3.63) is 24.3 Å². The second kappa shape index (κ2) is 7.28. The van der Waals surface area contributed by atoms with Crippen LogP contribution in [0.25, 0.3) is 0 Å². The molecule has 0 bridgehead atoms. The van der Waals surface area contributed by atoms with Gasteiger partial charge in [-0.05, 0) is 38.8 Å². The number of nitrogens with zero attached hydrogens (tertiary/aromatic N) is 1. The van der Waals surface area contributed by atoms with E-state index in [4.69, 9.17) is 4.74 Å². The molecule has 2 saturated heterocycles. The summed E-state index contributed by atoms with van der Waals surface area (Å²) in [5, 5.41) is 3.27. The van der Waals surface area contributed by atoms with Gasteiger partial charge in [0.1, 0.15) is 10.5 Å². The Morgan fingerprint density at radius 1 is 1.31 bits per heavy atom. The van der Waals surface area contributed by atoms with Crippen molar-refractivity contribution in [2.24, 2.45) is 11.8 Å². The third-order valence-corrected chi connectivity index (χ3v) is 7.42. The van der Waals surface area contributed by atoms with Gasteiger partial charge in [0, 0.05) is 31.8 Å². The summed E-state index contributed by atoms with van der Waals surface area (Å²) in [5.74, 6) is -0.845. The average Bonchev–Trinajstić information content (AvgIpc) is 2.92. The van der Waals surface area contributed by atoms with E-state index >= 15 is 0 Å². The zero-order valence-corrected chi connectivity index (χ0v) is 17.5. The quantitative estimate of drug-likeness (QED) is 0.720. The molecule has 3 aliphatic heterocycles. The minimum absolute atomic E-state index is 0.0530. The second-order valence-electron chi connectivity index (χ2n) is 8.77. The third kappa shape index (κ3) is 4.11. The number of carbonyl (C=O) groups is 2. The zero-order valence-electron chi connectivity index (χ0n) is 16.7. The first-order valence-electron chi connectivity index (χ1n) is 10.0. The van der Waals surface area contributed by atoms with Gasteiger partial charge in [0.05, 0.1) is 17.8 Å². The lowest BCUT2D eigenvalue weighted by atomic mass is 9.92. The number of esters is 1. The minimum atomic E-state index is -3.59. The molecule has 3 aliphatic rings. The monoisotopic (exact) mass is 421 g/mol. The Bertz CT molecular complexity index is 930. The number of amides is 1. The van der Waals surface area contributed by atoms with E-state index in [-0.39, 0.29) is 29.1 Å². The highest BCUT2D eigenvalue weighted by Crippen LogP contribution is 2.34. The Hall–Kier alpha value is -2.13. The number of hydrogen-bond acceptors (Lipinski definition) is 6. The van der Waals surface area contributed by atoms with E-state index in [1.54, 1.807) is 29.2 Å². The smallest absolute Gasteiger partial charge is 0.310 e. The predicted molar refractivity (Wildman–Crippen MR) is 106 cm³/mol. The fraction of sp³-hybridized carbons (Fsp3) is 0.600.